The molecule has 1 unspecified atom stereocenters. The molecule has 0 saturated carbocycles. The lowest BCUT2D eigenvalue weighted by molar-refractivity contribution is 0.572. The molecule has 0 aliphatic carbocycles. The second-order valence-corrected chi connectivity index (χ2v) is 5.56. The number of halogens is 4. The molecule has 18 heavy (non-hydrogen) atoms. The highest BCUT2D eigenvalue weighted by Gasteiger charge is 2.18. The molecule has 2 aromatic rings. The van der Waals surface area contributed by atoms with E-state index in [0.29, 0.717) is 8.95 Å². The Kier molecular flexibility index (Phi) is 4.14. The SMILES string of the molecule is NC(c1cc(Br)ccc1F)c1cccc(Br)c1F. The van der Waals surface area contributed by atoms with Crippen molar-refractivity contribution in [3.8, 4) is 0 Å². The molecule has 0 amide bonds. The van der Waals surface area contributed by atoms with Gasteiger partial charge in [0.15, 0.2) is 0 Å². The van der Waals surface area contributed by atoms with E-state index in [2.05, 4.69) is 31.9 Å². The van der Waals surface area contributed by atoms with E-state index in [9.17, 15) is 8.78 Å². The minimum atomic E-state index is -0.847. The minimum absolute atomic E-state index is 0.251. The van der Waals surface area contributed by atoms with Crippen molar-refractivity contribution in [2.75, 3.05) is 0 Å². The van der Waals surface area contributed by atoms with Gasteiger partial charge in [-0.25, -0.2) is 8.78 Å². The van der Waals surface area contributed by atoms with Crippen LogP contribution in [0.4, 0.5) is 8.78 Å². The zero-order valence-electron chi connectivity index (χ0n) is 9.13. The molecule has 0 heterocycles. The van der Waals surface area contributed by atoms with Crippen molar-refractivity contribution in [2.45, 2.75) is 6.04 Å². The van der Waals surface area contributed by atoms with Gasteiger partial charge in [-0.1, -0.05) is 28.1 Å². The van der Waals surface area contributed by atoms with Crippen LogP contribution < -0.4 is 5.73 Å². The molecule has 2 aromatic carbocycles. The fourth-order valence-electron chi connectivity index (χ4n) is 1.68. The monoisotopic (exact) mass is 375 g/mol. The fraction of sp³-hybridized carbons (Fsp3) is 0.0769. The van der Waals surface area contributed by atoms with E-state index in [0.717, 1.165) is 0 Å². The van der Waals surface area contributed by atoms with E-state index in [1.165, 1.54) is 6.07 Å². The van der Waals surface area contributed by atoms with Crippen LogP contribution in [0.1, 0.15) is 17.2 Å². The van der Waals surface area contributed by atoms with Crippen LogP contribution in [0.3, 0.4) is 0 Å². The second-order valence-electron chi connectivity index (χ2n) is 3.79. The van der Waals surface area contributed by atoms with Crippen LogP contribution in [-0.4, -0.2) is 0 Å². The van der Waals surface area contributed by atoms with Crippen molar-refractivity contribution < 1.29 is 8.78 Å². The van der Waals surface area contributed by atoms with E-state index >= 15 is 0 Å². The fourth-order valence-corrected chi connectivity index (χ4v) is 2.44. The maximum absolute atomic E-state index is 13.9. The van der Waals surface area contributed by atoms with Crippen LogP contribution in [0.5, 0.6) is 0 Å². The highest BCUT2D eigenvalue weighted by atomic mass is 79.9. The summed E-state index contributed by atoms with van der Waals surface area (Å²) in [6.45, 7) is 0. The van der Waals surface area contributed by atoms with Gasteiger partial charge in [0.25, 0.3) is 0 Å². The zero-order chi connectivity index (χ0) is 13.3. The molecule has 0 radical (unpaired) electrons. The summed E-state index contributed by atoms with van der Waals surface area (Å²) in [5.74, 6) is -0.922. The topological polar surface area (TPSA) is 26.0 Å². The van der Waals surface area contributed by atoms with E-state index < -0.39 is 17.7 Å². The van der Waals surface area contributed by atoms with E-state index in [1.807, 2.05) is 0 Å². The molecule has 0 bridgehead atoms. The Bertz CT molecular complexity index is 585. The average molecular weight is 377 g/mol. The highest BCUT2D eigenvalue weighted by molar-refractivity contribution is 9.10. The summed E-state index contributed by atoms with van der Waals surface area (Å²) in [6.07, 6.45) is 0. The number of hydrogen-bond acceptors (Lipinski definition) is 1. The molecule has 1 nitrogen and oxygen atoms in total. The summed E-state index contributed by atoms with van der Waals surface area (Å²) < 4.78 is 28.6. The van der Waals surface area contributed by atoms with Crippen molar-refractivity contribution in [1.29, 1.82) is 0 Å². The van der Waals surface area contributed by atoms with Crippen LogP contribution in [-0.2, 0) is 0 Å². The van der Waals surface area contributed by atoms with Gasteiger partial charge >= 0.3 is 0 Å². The summed E-state index contributed by atoms with van der Waals surface area (Å²) in [7, 11) is 0. The normalized spacial score (nSPS) is 12.5. The number of rotatable bonds is 2. The Morgan fingerprint density at radius 3 is 2.44 bits per heavy atom. The minimum Gasteiger partial charge on any atom is -0.320 e. The maximum atomic E-state index is 13.9. The molecule has 0 aromatic heterocycles. The van der Waals surface area contributed by atoms with Crippen LogP contribution in [0.25, 0.3) is 0 Å². The van der Waals surface area contributed by atoms with Gasteiger partial charge in [0.2, 0.25) is 0 Å². The summed E-state index contributed by atoms with van der Waals surface area (Å²) >= 11 is 6.33. The first kappa shape index (κ1) is 13.6. The molecule has 2 N–H and O–H groups in total. The Morgan fingerprint density at radius 1 is 1.00 bits per heavy atom. The van der Waals surface area contributed by atoms with Crippen LogP contribution >= 0.6 is 31.9 Å². The lowest BCUT2D eigenvalue weighted by Gasteiger charge is -2.15. The highest BCUT2D eigenvalue weighted by Crippen LogP contribution is 2.29. The Balaban J connectivity index is 2.51. The summed E-state index contributed by atoms with van der Waals surface area (Å²) in [6, 6.07) is 8.37. The molecular weight excluding hydrogens is 368 g/mol. The Morgan fingerprint density at radius 2 is 1.72 bits per heavy atom. The number of hydrogen-bond donors (Lipinski definition) is 1. The Labute approximate surface area is 120 Å². The van der Waals surface area contributed by atoms with Crippen LogP contribution in [0.15, 0.2) is 45.3 Å². The van der Waals surface area contributed by atoms with Crippen molar-refractivity contribution in [1.82, 2.24) is 0 Å². The van der Waals surface area contributed by atoms with Gasteiger partial charge < -0.3 is 5.73 Å². The van der Waals surface area contributed by atoms with E-state index in [4.69, 9.17) is 5.73 Å². The molecule has 0 aliphatic rings. The van der Waals surface area contributed by atoms with Gasteiger partial charge in [-0.15, -0.1) is 0 Å². The smallest absolute Gasteiger partial charge is 0.142 e. The predicted molar refractivity (Wildman–Crippen MR) is 74.2 cm³/mol. The van der Waals surface area contributed by atoms with Gasteiger partial charge in [-0.2, -0.15) is 0 Å². The molecule has 0 fully saturated rings. The second kappa shape index (κ2) is 5.47. The standard InChI is InChI=1S/C13H9Br2F2N/c14-7-4-5-11(16)9(6-7)13(18)8-2-1-3-10(15)12(8)17/h1-6,13H,18H2. The average Bonchev–Trinajstić information content (AvgIpc) is 2.35. The molecule has 1 atom stereocenters. The van der Waals surface area contributed by atoms with Crippen molar-refractivity contribution >= 4 is 31.9 Å². The van der Waals surface area contributed by atoms with E-state index in [1.54, 1.807) is 30.3 Å². The first-order chi connectivity index (χ1) is 8.50. The zero-order valence-corrected chi connectivity index (χ0v) is 12.3. The van der Waals surface area contributed by atoms with Crippen molar-refractivity contribution in [2.24, 2.45) is 5.73 Å². The molecule has 94 valence electrons. The molecule has 0 spiro atoms. The van der Waals surface area contributed by atoms with Gasteiger partial charge in [-0.3, -0.25) is 0 Å². The lowest BCUT2D eigenvalue weighted by Crippen LogP contribution is -2.15. The van der Waals surface area contributed by atoms with Gasteiger partial charge in [0, 0.05) is 15.6 Å². The lowest BCUT2D eigenvalue weighted by atomic mass is 9.99. The first-order valence-corrected chi connectivity index (χ1v) is 6.73. The van der Waals surface area contributed by atoms with Crippen molar-refractivity contribution in [3.63, 3.8) is 0 Å². The number of benzene rings is 2. The van der Waals surface area contributed by atoms with Crippen LogP contribution in [0, 0.1) is 11.6 Å². The largest absolute Gasteiger partial charge is 0.320 e. The van der Waals surface area contributed by atoms with Gasteiger partial charge in [-0.05, 0) is 40.2 Å². The molecule has 0 aliphatic heterocycles. The Hall–Kier alpha value is -0.780. The maximum Gasteiger partial charge on any atom is 0.142 e. The third-order valence-electron chi connectivity index (χ3n) is 2.61. The summed E-state index contributed by atoms with van der Waals surface area (Å²) in [4.78, 5) is 0. The van der Waals surface area contributed by atoms with Crippen molar-refractivity contribution in [3.05, 3.63) is 68.1 Å². The predicted octanol–water partition coefficient (Wildman–Crippen LogP) is 4.54. The van der Waals surface area contributed by atoms with E-state index in [-0.39, 0.29) is 11.1 Å². The molecule has 0 saturated heterocycles. The number of nitrogens with two attached hydrogens (primary N) is 1. The molecule has 5 heteroatoms. The quantitative estimate of drug-likeness (QED) is 0.818. The van der Waals surface area contributed by atoms with Gasteiger partial charge in [0.05, 0.1) is 10.5 Å². The third-order valence-corrected chi connectivity index (χ3v) is 3.72. The van der Waals surface area contributed by atoms with Gasteiger partial charge in [0.1, 0.15) is 11.6 Å². The molecular formula is C13H9Br2F2N. The first-order valence-electron chi connectivity index (χ1n) is 5.15. The summed E-state index contributed by atoms with van der Waals surface area (Å²) in [5, 5.41) is 0. The summed E-state index contributed by atoms with van der Waals surface area (Å²) in [5.41, 5.74) is 6.44. The third kappa shape index (κ3) is 2.63. The molecule has 2 rings (SSSR count). The van der Waals surface area contributed by atoms with Crippen LogP contribution in [0.2, 0.25) is 0 Å².